The van der Waals surface area contributed by atoms with Gasteiger partial charge in [-0.15, -0.1) is 5.10 Å². The number of nitrogens with zero attached hydrogens (tertiary/aromatic N) is 4. The van der Waals surface area contributed by atoms with E-state index in [-0.39, 0.29) is 11.6 Å². The molecular formula is C17H24N4O. The van der Waals surface area contributed by atoms with E-state index < -0.39 is 0 Å². The first-order chi connectivity index (χ1) is 10.5. The second kappa shape index (κ2) is 6.08. The molecule has 0 N–H and O–H groups in total. The summed E-state index contributed by atoms with van der Waals surface area (Å²) in [5.74, 6) is 0.952. The molecule has 1 fully saturated rings. The summed E-state index contributed by atoms with van der Waals surface area (Å²) in [7, 11) is 0. The van der Waals surface area contributed by atoms with E-state index >= 15 is 0 Å². The van der Waals surface area contributed by atoms with E-state index in [2.05, 4.69) is 36.0 Å². The second-order valence-electron chi connectivity index (χ2n) is 6.90. The van der Waals surface area contributed by atoms with Crippen LogP contribution in [-0.4, -0.2) is 39.1 Å². The van der Waals surface area contributed by atoms with Crippen LogP contribution in [0.5, 0.6) is 5.75 Å². The molecule has 5 heteroatoms. The van der Waals surface area contributed by atoms with E-state index in [1.807, 2.05) is 41.2 Å². The number of rotatable bonds is 4. The van der Waals surface area contributed by atoms with Gasteiger partial charge >= 0.3 is 0 Å². The Balaban J connectivity index is 1.54. The lowest BCUT2D eigenvalue weighted by Gasteiger charge is -2.18. The third kappa shape index (κ3) is 3.65. The van der Waals surface area contributed by atoms with Gasteiger partial charge in [0.1, 0.15) is 11.9 Å². The molecule has 1 atom stereocenters. The van der Waals surface area contributed by atoms with Crippen LogP contribution in [0.3, 0.4) is 0 Å². The maximum absolute atomic E-state index is 6.02. The van der Waals surface area contributed by atoms with Crippen molar-refractivity contribution in [3.63, 3.8) is 0 Å². The van der Waals surface area contributed by atoms with Crippen LogP contribution in [0.25, 0.3) is 0 Å². The van der Waals surface area contributed by atoms with Crippen molar-refractivity contribution in [1.82, 2.24) is 19.9 Å². The number of likely N-dealkylation sites (tertiary alicyclic amines) is 1. The van der Waals surface area contributed by atoms with E-state index in [0.29, 0.717) is 0 Å². The van der Waals surface area contributed by atoms with Gasteiger partial charge in [-0.1, -0.05) is 23.4 Å². The van der Waals surface area contributed by atoms with Gasteiger partial charge in [-0.25, -0.2) is 4.68 Å². The number of aromatic nitrogens is 3. The van der Waals surface area contributed by atoms with E-state index in [1.165, 1.54) is 0 Å². The van der Waals surface area contributed by atoms with Gasteiger partial charge in [0.2, 0.25) is 0 Å². The summed E-state index contributed by atoms with van der Waals surface area (Å²) in [5, 5.41) is 8.51. The molecule has 118 valence electrons. The van der Waals surface area contributed by atoms with Gasteiger partial charge in [0, 0.05) is 19.6 Å². The highest BCUT2D eigenvalue weighted by Crippen LogP contribution is 2.19. The summed E-state index contributed by atoms with van der Waals surface area (Å²) in [6.07, 6.45) is 3.37. The Morgan fingerprint density at radius 2 is 2.00 bits per heavy atom. The predicted octanol–water partition coefficient (Wildman–Crippen LogP) is 2.69. The molecule has 22 heavy (non-hydrogen) atoms. The quantitative estimate of drug-likeness (QED) is 0.871. The van der Waals surface area contributed by atoms with Crippen molar-refractivity contribution in [2.75, 3.05) is 13.1 Å². The van der Waals surface area contributed by atoms with Crippen molar-refractivity contribution in [3.8, 4) is 5.75 Å². The van der Waals surface area contributed by atoms with Gasteiger partial charge in [0.05, 0.1) is 17.4 Å². The Kier molecular flexibility index (Phi) is 4.16. The predicted molar refractivity (Wildman–Crippen MR) is 85.8 cm³/mol. The molecule has 0 aliphatic carbocycles. The fraction of sp³-hybridized carbons (Fsp3) is 0.529. The third-order valence-electron chi connectivity index (χ3n) is 3.89. The first-order valence-corrected chi connectivity index (χ1v) is 7.86. The van der Waals surface area contributed by atoms with Crippen LogP contribution in [0.2, 0.25) is 0 Å². The van der Waals surface area contributed by atoms with Crippen molar-refractivity contribution < 1.29 is 4.74 Å². The minimum Gasteiger partial charge on any atom is -0.489 e. The van der Waals surface area contributed by atoms with Crippen LogP contribution in [-0.2, 0) is 12.1 Å². The minimum absolute atomic E-state index is 0.0186. The molecule has 1 aliphatic rings. The zero-order valence-electron chi connectivity index (χ0n) is 13.6. The average molecular weight is 300 g/mol. The summed E-state index contributed by atoms with van der Waals surface area (Å²) in [4.78, 5) is 2.38. The lowest BCUT2D eigenvalue weighted by atomic mass is 10.1. The Labute approximate surface area is 131 Å². The first kappa shape index (κ1) is 15.0. The van der Waals surface area contributed by atoms with Crippen LogP contribution in [0, 0.1) is 0 Å². The third-order valence-corrected chi connectivity index (χ3v) is 3.89. The minimum atomic E-state index is -0.0186. The van der Waals surface area contributed by atoms with Crippen LogP contribution in [0.1, 0.15) is 32.9 Å². The molecule has 1 aliphatic heterocycles. The van der Waals surface area contributed by atoms with Gasteiger partial charge in [-0.2, -0.15) is 0 Å². The SMILES string of the molecule is CC(C)(C)n1cc(CN2CC[C@H](Oc3ccccc3)C2)nn1. The van der Waals surface area contributed by atoms with E-state index in [4.69, 9.17) is 4.74 Å². The van der Waals surface area contributed by atoms with Gasteiger partial charge in [0.15, 0.2) is 0 Å². The highest BCUT2D eigenvalue weighted by atomic mass is 16.5. The molecule has 0 bridgehead atoms. The number of benzene rings is 1. The van der Waals surface area contributed by atoms with Crippen LogP contribution in [0.15, 0.2) is 36.5 Å². The highest BCUT2D eigenvalue weighted by molar-refractivity contribution is 5.21. The number of para-hydroxylation sites is 1. The van der Waals surface area contributed by atoms with Crippen molar-refractivity contribution in [3.05, 3.63) is 42.2 Å². The first-order valence-electron chi connectivity index (χ1n) is 7.86. The average Bonchev–Trinajstić information content (AvgIpc) is 3.10. The molecule has 0 amide bonds. The van der Waals surface area contributed by atoms with Crippen molar-refractivity contribution in [2.24, 2.45) is 0 Å². The number of ether oxygens (including phenoxy) is 1. The van der Waals surface area contributed by atoms with Crippen molar-refractivity contribution in [1.29, 1.82) is 0 Å². The normalized spacial score (nSPS) is 19.5. The molecule has 3 rings (SSSR count). The molecule has 0 spiro atoms. The lowest BCUT2D eigenvalue weighted by molar-refractivity contribution is 0.198. The summed E-state index contributed by atoms with van der Waals surface area (Å²) in [6.45, 7) is 9.21. The highest BCUT2D eigenvalue weighted by Gasteiger charge is 2.25. The van der Waals surface area contributed by atoms with E-state index in [9.17, 15) is 0 Å². The largest absolute Gasteiger partial charge is 0.489 e. The number of hydrogen-bond acceptors (Lipinski definition) is 4. The maximum Gasteiger partial charge on any atom is 0.119 e. The molecule has 2 aromatic rings. The van der Waals surface area contributed by atoms with Crippen molar-refractivity contribution in [2.45, 2.75) is 45.4 Å². The van der Waals surface area contributed by atoms with E-state index in [0.717, 1.165) is 37.5 Å². The van der Waals surface area contributed by atoms with Gasteiger partial charge in [-0.3, -0.25) is 4.90 Å². The summed E-state index contributed by atoms with van der Waals surface area (Å²) in [6, 6.07) is 10.0. The molecular weight excluding hydrogens is 276 g/mol. The smallest absolute Gasteiger partial charge is 0.119 e. The molecule has 2 heterocycles. The molecule has 0 saturated carbocycles. The zero-order chi connectivity index (χ0) is 15.6. The molecule has 0 radical (unpaired) electrons. The zero-order valence-corrected chi connectivity index (χ0v) is 13.6. The van der Waals surface area contributed by atoms with Crippen LogP contribution < -0.4 is 4.74 Å². The van der Waals surface area contributed by atoms with E-state index in [1.54, 1.807) is 0 Å². The second-order valence-corrected chi connectivity index (χ2v) is 6.90. The Bertz CT molecular complexity index is 603. The summed E-state index contributed by atoms with van der Waals surface area (Å²) >= 11 is 0. The van der Waals surface area contributed by atoms with Gasteiger partial charge in [-0.05, 0) is 39.3 Å². The Hall–Kier alpha value is -1.88. The lowest BCUT2D eigenvalue weighted by Crippen LogP contribution is -2.25. The molecule has 0 unspecified atom stereocenters. The van der Waals surface area contributed by atoms with Gasteiger partial charge in [0.25, 0.3) is 0 Å². The monoisotopic (exact) mass is 300 g/mol. The standard InChI is InChI=1S/C17H24N4O/c1-17(2,3)21-12-14(18-19-21)11-20-10-9-16(13-20)22-15-7-5-4-6-8-15/h4-8,12,16H,9-11,13H2,1-3H3/t16-/m0/s1. The molecule has 1 aromatic heterocycles. The van der Waals surface area contributed by atoms with Crippen LogP contribution >= 0.6 is 0 Å². The Morgan fingerprint density at radius 3 is 2.68 bits per heavy atom. The maximum atomic E-state index is 6.02. The topological polar surface area (TPSA) is 43.2 Å². The Morgan fingerprint density at radius 1 is 1.23 bits per heavy atom. The molecule has 1 aromatic carbocycles. The van der Waals surface area contributed by atoms with Gasteiger partial charge < -0.3 is 4.74 Å². The summed E-state index contributed by atoms with van der Waals surface area (Å²) < 4.78 is 7.95. The number of hydrogen-bond donors (Lipinski definition) is 0. The molecule has 5 nitrogen and oxygen atoms in total. The fourth-order valence-electron chi connectivity index (χ4n) is 2.66. The summed E-state index contributed by atoms with van der Waals surface area (Å²) in [5.41, 5.74) is 1.00. The fourth-order valence-corrected chi connectivity index (χ4v) is 2.66. The van der Waals surface area contributed by atoms with Crippen LogP contribution in [0.4, 0.5) is 0 Å². The molecule has 1 saturated heterocycles. The van der Waals surface area contributed by atoms with Crippen molar-refractivity contribution >= 4 is 0 Å².